The number of nitrogens with zero attached hydrogens (tertiary/aromatic N) is 4. The lowest BCUT2D eigenvalue weighted by Crippen LogP contribution is -2.27. The van der Waals surface area contributed by atoms with Crippen molar-refractivity contribution in [3.05, 3.63) is 65.5 Å². The van der Waals surface area contributed by atoms with E-state index in [2.05, 4.69) is 16.3 Å². The third kappa shape index (κ3) is 4.74. The molecule has 140 valence electrons. The summed E-state index contributed by atoms with van der Waals surface area (Å²) in [7, 11) is 3.63. The van der Waals surface area contributed by atoms with Crippen LogP contribution in [-0.4, -0.2) is 38.4 Å². The summed E-state index contributed by atoms with van der Waals surface area (Å²) in [5.74, 6) is 0.727. The molecule has 27 heavy (non-hydrogen) atoms. The van der Waals surface area contributed by atoms with Crippen LogP contribution in [0.1, 0.15) is 11.1 Å². The highest BCUT2D eigenvalue weighted by atomic mass is 32.2. The Balaban J connectivity index is 1.61. The molecule has 0 radical (unpaired) electrons. The second-order valence-corrected chi connectivity index (χ2v) is 7.34. The Labute approximate surface area is 162 Å². The molecule has 3 rings (SSSR count). The summed E-state index contributed by atoms with van der Waals surface area (Å²) >= 11 is 1.35. The number of halogens is 1. The van der Waals surface area contributed by atoms with Crippen LogP contribution in [0.2, 0.25) is 0 Å². The van der Waals surface area contributed by atoms with E-state index in [0.29, 0.717) is 11.7 Å². The molecule has 0 saturated carbocycles. The smallest absolute Gasteiger partial charge is 0.233 e. The van der Waals surface area contributed by atoms with Crippen molar-refractivity contribution in [3.8, 4) is 11.4 Å². The highest BCUT2D eigenvalue weighted by Gasteiger charge is 2.15. The normalized spacial score (nSPS) is 10.8. The molecular weight excluding hydrogens is 363 g/mol. The van der Waals surface area contributed by atoms with Crippen LogP contribution in [-0.2, 0) is 18.4 Å². The third-order valence-corrected chi connectivity index (χ3v) is 5.20. The molecule has 0 aliphatic rings. The molecule has 2 aromatic carbocycles. The lowest BCUT2D eigenvalue weighted by molar-refractivity contribution is -0.127. The summed E-state index contributed by atoms with van der Waals surface area (Å²) < 4.78 is 14.9. The first-order valence-electron chi connectivity index (χ1n) is 8.51. The topological polar surface area (TPSA) is 51.0 Å². The SMILES string of the molecule is Cc1cccc(-c2nnc(SCC(=O)N(C)Cc3ccc(F)cc3)n2C)c1. The summed E-state index contributed by atoms with van der Waals surface area (Å²) in [5, 5.41) is 9.16. The van der Waals surface area contributed by atoms with Crippen molar-refractivity contribution < 1.29 is 9.18 Å². The molecule has 3 aromatic rings. The molecule has 0 N–H and O–H groups in total. The number of carbonyl (C=O) groups excluding carboxylic acids is 1. The van der Waals surface area contributed by atoms with Gasteiger partial charge in [-0.3, -0.25) is 4.79 Å². The molecule has 0 bridgehead atoms. The molecule has 0 saturated heterocycles. The molecule has 0 aliphatic heterocycles. The number of amides is 1. The minimum Gasteiger partial charge on any atom is -0.341 e. The van der Waals surface area contributed by atoms with E-state index in [4.69, 9.17) is 0 Å². The predicted molar refractivity (Wildman–Crippen MR) is 105 cm³/mol. The van der Waals surface area contributed by atoms with Crippen LogP contribution in [0.15, 0.2) is 53.7 Å². The number of aryl methyl sites for hydroxylation is 1. The molecule has 0 unspecified atom stereocenters. The van der Waals surface area contributed by atoms with Gasteiger partial charge in [-0.25, -0.2) is 4.39 Å². The van der Waals surface area contributed by atoms with Gasteiger partial charge >= 0.3 is 0 Å². The quantitative estimate of drug-likeness (QED) is 0.609. The Hall–Kier alpha value is -2.67. The maximum atomic E-state index is 13.0. The predicted octanol–water partition coefficient (Wildman–Crippen LogP) is 3.68. The number of benzene rings is 2. The number of hydrogen-bond acceptors (Lipinski definition) is 4. The Morgan fingerprint density at radius 3 is 2.63 bits per heavy atom. The van der Waals surface area contributed by atoms with E-state index < -0.39 is 0 Å². The highest BCUT2D eigenvalue weighted by molar-refractivity contribution is 7.99. The minimum atomic E-state index is -0.282. The van der Waals surface area contributed by atoms with E-state index >= 15 is 0 Å². The van der Waals surface area contributed by atoms with Crippen molar-refractivity contribution in [2.24, 2.45) is 7.05 Å². The van der Waals surface area contributed by atoms with E-state index in [9.17, 15) is 9.18 Å². The molecule has 0 aliphatic carbocycles. The van der Waals surface area contributed by atoms with Gasteiger partial charge in [-0.2, -0.15) is 0 Å². The molecule has 1 heterocycles. The van der Waals surface area contributed by atoms with Crippen LogP contribution >= 0.6 is 11.8 Å². The fraction of sp³-hybridized carbons (Fsp3) is 0.250. The van der Waals surface area contributed by atoms with Gasteiger partial charge in [-0.15, -0.1) is 10.2 Å². The largest absolute Gasteiger partial charge is 0.341 e. The zero-order valence-corrected chi connectivity index (χ0v) is 16.3. The zero-order chi connectivity index (χ0) is 19.4. The van der Waals surface area contributed by atoms with Gasteiger partial charge in [0.2, 0.25) is 5.91 Å². The van der Waals surface area contributed by atoms with E-state index in [-0.39, 0.29) is 17.5 Å². The van der Waals surface area contributed by atoms with E-state index in [0.717, 1.165) is 22.5 Å². The first kappa shape index (κ1) is 19.1. The lowest BCUT2D eigenvalue weighted by atomic mass is 10.1. The highest BCUT2D eigenvalue weighted by Crippen LogP contribution is 2.23. The van der Waals surface area contributed by atoms with Crippen LogP contribution in [0.25, 0.3) is 11.4 Å². The molecule has 0 spiro atoms. The number of rotatable bonds is 6. The Bertz CT molecular complexity index is 939. The van der Waals surface area contributed by atoms with Crippen LogP contribution in [0.3, 0.4) is 0 Å². The number of carbonyl (C=O) groups is 1. The van der Waals surface area contributed by atoms with Crippen molar-refractivity contribution in [3.63, 3.8) is 0 Å². The summed E-state index contributed by atoms with van der Waals surface area (Å²) in [4.78, 5) is 14.0. The van der Waals surface area contributed by atoms with Gasteiger partial charge in [-0.05, 0) is 30.7 Å². The van der Waals surface area contributed by atoms with Crippen LogP contribution < -0.4 is 0 Å². The molecule has 0 fully saturated rings. The van der Waals surface area contributed by atoms with Crippen LogP contribution in [0.4, 0.5) is 4.39 Å². The minimum absolute atomic E-state index is 0.0237. The fourth-order valence-corrected chi connectivity index (χ4v) is 3.52. The molecule has 0 atom stereocenters. The average molecular weight is 384 g/mol. The maximum Gasteiger partial charge on any atom is 0.233 e. The molecule has 1 amide bonds. The maximum absolute atomic E-state index is 13.0. The second-order valence-electron chi connectivity index (χ2n) is 6.40. The van der Waals surface area contributed by atoms with Crippen molar-refractivity contribution in [2.75, 3.05) is 12.8 Å². The van der Waals surface area contributed by atoms with Gasteiger partial charge in [0.05, 0.1) is 5.75 Å². The monoisotopic (exact) mass is 384 g/mol. The molecule has 1 aromatic heterocycles. The molecule has 5 nitrogen and oxygen atoms in total. The summed E-state index contributed by atoms with van der Waals surface area (Å²) in [6.45, 7) is 2.47. The van der Waals surface area contributed by atoms with Gasteiger partial charge in [0, 0.05) is 26.2 Å². The number of aromatic nitrogens is 3. The van der Waals surface area contributed by atoms with E-state index in [1.54, 1.807) is 24.1 Å². The van der Waals surface area contributed by atoms with E-state index in [1.165, 1.54) is 23.9 Å². The Kier molecular flexibility index (Phi) is 5.91. The zero-order valence-electron chi connectivity index (χ0n) is 15.5. The Morgan fingerprint density at radius 1 is 1.19 bits per heavy atom. The van der Waals surface area contributed by atoms with Gasteiger partial charge < -0.3 is 9.47 Å². The van der Waals surface area contributed by atoms with Crippen molar-refractivity contribution in [1.82, 2.24) is 19.7 Å². The Morgan fingerprint density at radius 2 is 1.93 bits per heavy atom. The first-order chi connectivity index (χ1) is 12.9. The van der Waals surface area contributed by atoms with Gasteiger partial charge in [0.25, 0.3) is 0 Å². The summed E-state index contributed by atoms with van der Waals surface area (Å²) in [6.07, 6.45) is 0. The van der Waals surface area contributed by atoms with Crippen LogP contribution in [0, 0.1) is 12.7 Å². The molecule has 7 heteroatoms. The van der Waals surface area contributed by atoms with Gasteiger partial charge in [-0.1, -0.05) is 47.7 Å². The second kappa shape index (κ2) is 8.35. The van der Waals surface area contributed by atoms with Crippen molar-refractivity contribution in [1.29, 1.82) is 0 Å². The lowest BCUT2D eigenvalue weighted by Gasteiger charge is -2.17. The van der Waals surface area contributed by atoms with Gasteiger partial charge in [0.1, 0.15) is 5.82 Å². The molecular formula is C20H21FN4OS. The average Bonchev–Trinajstić information content (AvgIpc) is 3.02. The van der Waals surface area contributed by atoms with Crippen LogP contribution in [0.5, 0.6) is 0 Å². The van der Waals surface area contributed by atoms with Gasteiger partial charge in [0.15, 0.2) is 11.0 Å². The standard InChI is InChI=1S/C20H21FN4OS/c1-14-5-4-6-16(11-14)19-22-23-20(25(19)3)27-13-18(26)24(2)12-15-7-9-17(21)10-8-15/h4-11H,12-13H2,1-3H3. The van der Waals surface area contributed by atoms with Crippen molar-refractivity contribution in [2.45, 2.75) is 18.6 Å². The number of thioether (sulfide) groups is 1. The third-order valence-electron chi connectivity index (χ3n) is 4.19. The fourth-order valence-electron chi connectivity index (χ4n) is 2.66. The van der Waals surface area contributed by atoms with Crippen molar-refractivity contribution >= 4 is 17.7 Å². The first-order valence-corrected chi connectivity index (χ1v) is 9.50. The van der Waals surface area contributed by atoms with E-state index in [1.807, 2.05) is 36.7 Å². The number of hydrogen-bond donors (Lipinski definition) is 0. The summed E-state index contributed by atoms with van der Waals surface area (Å²) in [6, 6.07) is 14.2. The summed E-state index contributed by atoms with van der Waals surface area (Å²) in [5.41, 5.74) is 3.04.